The molecule has 0 unspecified atom stereocenters. The lowest BCUT2D eigenvalue weighted by Crippen LogP contribution is -2.55. The molecule has 3 saturated heterocycles. The first-order valence-corrected chi connectivity index (χ1v) is 27.6. The van der Waals surface area contributed by atoms with Crippen molar-refractivity contribution in [2.24, 2.45) is 5.92 Å². The van der Waals surface area contributed by atoms with Crippen molar-refractivity contribution in [2.75, 3.05) is 61.6 Å². The second-order valence-corrected chi connectivity index (χ2v) is 21.7. The summed E-state index contributed by atoms with van der Waals surface area (Å²) in [6.07, 6.45) is -0.932. The van der Waals surface area contributed by atoms with Gasteiger partial charge in [0.2, 0.25) is 17.7 Å². The molecule has 15 heteroatoms. The third-order valence-corrected chi connectivity index (χ3v) is 16.9. The van der Waals surface area contributed by atoms with E-state index in [0.29, 0.717) is 60.1 Å². The average Bonchev–Trinajstić information content (AvgIpc) is 1.94. The highest BCUT2D eigenvalue weighted by atomic mass is 16.6. The summed E-state index contributed by atoms with van der Waals surface area (Å²) < 4.78 is 18.2. The summed E-state index contributed by atoms with van der Waals surface area (Å²) in [7, 11) is 1.61. The van der Waals surface area contributed by atoms with Crippen LogP contribution in [0.1, 0.15) is 90.9 Å². The molecule has 7 aromatic carbocycles. The number of methoxy groups -OCH3 is 1. The van der Waals surface area contributed by atoms with Crippen LogP contribution in [0.3, 0.4) is 0 Å². The number of hydrogen-bond acceptors (Lipinski definition) is 11. The van der Waals surface area contributed by atoms with Gasteiger partial charge in [0.1, 0.15) is 35.7 Å². The standard InChI is InChI=1S/C66H66N6O9/c1-42(44-15-9-6-10-16-44)67-64(78)71-55-34-25-49(65(3,4)48-23-32-52(79-5)33-24-48)41-54(55)66(63(71)77)56(61(75)68-50-26-28-51(29-27-50)70-37-35-69(36-38-70)43(2)74)58-62(76)81-59(46-19-13-8-14-20-46)57(45-17-11-7-12-18-45)72(58)60(66)47-21-30-53(31-22-47)80-40-39-73/h6-34,41-42,56-60,73H,35-40H2,1-5H3,(H,67,78)(H,68,75)/t42-,56+,57+,58+,59-,60-,66+/m0/s1. The zero-order chi connectivity index (χ0) is 56.6. The molecule has 0 bridgehead atoms. The van der Waals surface area contributed by atoms with Crippen LogP contribution in [0.15, 0.2) is 182 Å². The maximum atomic E-state index is 17.1. The summed E-state index contributed by atoms with van der Waals surface area (Å²) >= 11 is 0. The molecule has 3 N–H and O–H groups in total. The molecule has 4 heterocycles. The van der Waals surface area contributed by atoms with E-state index in [1.165, 1.54) is 4.90 Å². The molecule has 414 valence electrons. The number of morpholine rings is 1. The summed E-state index contributed by atoms with van der Waals surface area (Å²) in [6, 6.07) is 52.0. The van der Waals surface area contributed by atoms with Gasteiger partial charge >= 0.3 is 12.0 Å². The molecule has 4 aliphatic heterocycles. The van der Waals surface area contributed by atoms with E-state index < -0.39 is 70.8 Å². The maximum Gasteiger partial charge on any atom is 0.329 e. The third-order valence-electron chi connectivity index (χ3n) is 16.9. The SMILES string of the molecule is COc1ccc(C(C)(C)c2ccc3c(c2)[C@]2(C(=O)N3C(=O)N[C@@H](C)c3ccccc3)[C@H](c3ccc(OCCO)cc3)N3[C@H](c4ccccc4)[C@H](c4ccccc4)OC(=O)[C@H]3[C@@H]2C(=O)Nc2ccc(N3CCN(C(C)=O)CC3)cc2)cc1. The van der Waals surface area contributed by atoms with Crippen molar-refractivity contribution < 1.29 is 43.3 Å². The molecule has 0 aromatic heterocycles. The Labute approximate surface area is 472 Å². The molecule has 11 rings (SSSR count). The van der Waals surface area contributed by atoms with Gasteiger partial charge in [-0.05, 0) is 100 Å². The molecule has 7 aromatic rings. The van der Waals surface area contributed by atoms with Gasteiger partial charge < -0.3 is 39.8 Å². The van der Waals surface area contributed by atoms with E-state index in [0.717, 1.165) is 27.9 Å². The highest BCUT2D eigenvalue weighted by molar-refractivity contribution is 6.25. The summed E-state index contributed by atoms with van der Waals surface area (Å²) in [5.74, 6) is -2.46. The normalized spacial score (nSPS) is 21.9. The van der Waals surface area contributed by atoms with E-state index in [4.69, 9.17) is 14.2 Å². The third kappa shape index (κ3) is 9.84. The number of nitrogens with one attached hydrogen (secondary N) is 2. The quantitative estimate of drug-likeness (QED) is 0.0887. The number of carbonyl (C=O) groups excluding carboxylic acids is 5. The second-order valence-electron chi connectivity index (χ2n) is 21.7. The number of esters is 1. The number of hydrogen-bond donors (Lipinski definition) is 3. The number of ether oxygens (including phenoxy) is 3. The lowest BCUT2D eigenvalue weighted by Gasteiger charge is -2.46. The van der Waals surface area contributed by atoms with Crippen molar-refractivity contribution in [1.29, 1.82) is 0 Å². The number of anilines is 3. The Hall–Kier alpha value is -8.79. The molecular formula is C66H66N6O9. The number of piperazine rings is 1. The molecule has 15 nitrogen and oxygen atoms in total. The lowest BCUT2D eigenvalue weighted by atomic mass is 9.64. The highest BCUT2D eigenvalue weighted by Gasteiger charge is 2.75. The van der Waals surface area contributed by atoms with Crippen molar-refractivity contribution in [3.8, 4) is 11.5 Å². The molecule has 7 atom stereocenters. The number of nitrogens with zero attached hydrogens (tertiary/aromatic N) is 4. The summed E-state index contributed by atoms with van der Waals surface area (Å²) in [4.78, 5) is 84.3. The van der Waals surface area contributed by atoms with Gasteiger partial charge in [-0.2, -0.15) is 0 Å². The zero-order valence-corrected chi connectivity index (χ0v) is 46.0. The number of fused-ring (bicyclic) bond motifs is 3. The second kappa shape index (κ2) is 22.4. The number of urea groups is 1. The summed E-state index contributed by atoms with van der Waals surface area (Å²) in [5, 5.41) is 16.1. The number of cyclic esters (lactones) is 1. The Morgan fingerprint density at radius 3 is 1.94 bits per heavy atom. The van der Waals surface area contributed by atoms with Gasteiger partial charge in [-0.15, -0.1) is 0 Å². The number of aliphatic hydroxyl groups is 1. The monoisotopic (exact) mass is 1090 g/mol. The van der Waals surface area contributed by atoms with Crippen LogP contribution in [0.25, 0.3) is 0 Å². The van der Waals surface area contributed by atoms with E-state index in [-0.39, 0.29) is 24.8 Å². The summed E-state index contributed by atoms with van der Waals surface area (Å²) in [5.41, 5.74) is 3.71. The van der Waals surface area contributed by atoms with Crippen LogP contribution in [-0.2, 0) is 34.7 Å². The first-order valence-electron chi connectivity index (χ1n) is 27.6. The Bertz CT molecular complexity index is 3430. The number of benzene rings is 7. The number of carbonyl (C=O) groups is 5. The Balaban J connectivity index is 1.16. The Morgan fingerprint density at radius 1 is 0.716 bits per heavy atom. The molecule has 81 heavy (non-hydrogen) atoms. The molecule has 4 aliphatic rings. The predicted molar refractivity (Wildman–Crippen MR) is 309 cm³/mol. The average molecular weight is 1090 g/mol. The molecule has 1 spiro atoms. The maximum absolute atomic E-state index is 17.1. The van der Waals surface area contributed by atoms with Gasteiger partial charge in [0.15, 0.2) is 0 Å². The van der Waals surface area contributed by atoms with Gasteiger partial charge in [-0.3, -0.25) is 24.1 Å². The van der Waals surface area contributed by atoms with Gasteiger partial charge in [-0.1, -0.05) is 141 Å². The van der Waals surface area contributed by atoms with E-state index in [9.17, 15) is 9.90 Å². The molecule has 0 radical (unpaired) electrons. The van der Waals surface area contributed by atoms with E-state index >= 15 is 19.2 Å². The van der Waals surface area contributed by atoms with Gasteiger partial charge in [0.05, 0.1) is 43.4 Å². The Kier molecular flexibility index (Phi) is 15.0. The van der Waals surface area contributed by atoms with Crippen LogP contribution < -0.4 is 29.9 Å². The van der Waals surface area contributed by atoms with E-state index in [2.05, 4.69) is 29.4 Å². The number of aliphatic hydroxyl groups excluding tert-OH is 1. The fraction of sp³-hybridized carbons (Fsp3) is 0.288. The van der Waals surface area contributed by atoms with Gasteiger partial charge in [0, 0.05) is 49.9 Å². The summed E-state index contributed by atoms with van der Waals surface area (Å²) in [6.45, 7) is 9.81. The van der Waals surface area contributed by atoms with Crippen molar-refractivity contribution in [3.63, 3.8) is 0 Å². The minimum Gasteiger partial charge on any atom is -0.497 e. The van der Waals surface area contributed by atoms with E-state index in [1.54, 1.807) is 44.4 Å². The van der Waals surface area contributed by atoms with Crippen LogP contribution in [0.2, 0.25) is 0 Å². The molecular weight excluding hydrogens is 1020 g/mol. The minimum atomic E-state index is -2.05. The van der Waals surface area contributed by atoms with E-state index in [1.807, 2.05) is 168 Å². The van der Waals surface area contributed by atoms with Crippen molar-refractivity contribution in [2.45, 2.75) is 68.8 Å². The van der Waals surface area contributed by atoms with Crippen LogP contribution in [0, 0.1) is 5.92 Å². The lowest BCUT2D eigenvalue weighted by molar-refractivity contribution is -0.177. The largest absolute Gasteiger partial charge is 0.497 e. The number of amides is 5. The fourth-order valence-corrected chi connectivity index (χ4v) is 12.7. The van der Waals surface area contributed by atoms with Crippen LogP contribution in [-0.4, -0.2) is 97.2 Å². The van der Waals surface area contributed by atoms with Crippen LogP contribution in [0.4, 0.5) is 21.9 Å². The zero-order valence-electron chi connectivity index (χ0n) is 46.0. The topological polar surface area (TPSA) is 170 Å². The number of rotatable bonds is 14. The predicted octanol–water partition coefficient (Wildman–Crippen LogP) is 9.84. The van der Waals surface area contributed by atoms with Crippen LogP contribution in [0.5, 0.6) is 11.5 Å². The van der Waals surface area contributed by atoms with Crippen molar-refractivity contribution >= 4 is 46.8 Å². The van der Waals surface area contributed by atoms with Crippen LogP contribution >= 0.6 is 0 Å². The minimum absolute atomic E-state index is 0.0286. The number of imide groups is 1. The van der Waals surface area contributed by atoms with Crippen molar-refractivity contribution in [3.05, 3.63) is 221 Å². The smallest absolute Gasteiger partial charge is 0.329 e. The fourth-order valence-electron chi connectivity index (χ4n) is 12.7. The molecule has 0 aliphatic carbocycles. The van der Waals surface area contributed by atoms with Gasteiger partial charge in [0.25, 0.3) is 0 Å². The first kappa shape index (κ1) is 54.2. The Morgan fingerprint density at radius 2 is 1.32 bits per heavy atom. The molecule has 5 amide bonds. The van der Waals surface area contributed by atoms with Crippen molar-refractivity contribution in [1.82, 2.24) is 15.1 Å². The first-order chi connectivity index (χ1) is 39.2. The van der Waals surface area contributed by atoms with Gasteiger partial charge in [-0.25, -0.2) is 9.69 Å². The molecule has 0 saturated carbocycles. The highest BCUT2D eigenvalue weighted by Crippen LogP contribution is 2.66. The molecule has 3 fully saturated rings.